The molecule has 0 fully saturated rings. The maximum absolute atomic E-state index is 10.9. The Bertz CT molecular complexity index is 643. The minimum absolute atomic E-state index is 0.0834. The summed E-state index contributed by atoms with van der Waals surface area (Å²) in [6.45, 7) is 2.52. The second-order valence-corrected chi connectivity index (χ2v) is 4.27. The first-order valence-corrected chi connectivity index (χ1v) is 6.52. The van der Waals surface area contributed by atoms with Gasteiger partial charge in [0, 0.05) is 18.7 Å². The molecule has 2 N–H and O–H groups in total. The van der Waals surface area contributed by atoms with Crippen LogP contribution in [0.3, 0.4) is 0 Å². The Morgan fingerprint density at radius 1 is 1.19 bits per heavy atom. The molecule has 2 aromatic carbocycles. The number of benzene rings is 2. The smallest absolute Gasteiger partial charge is 0.311 e. The molecule has 0 atom stereocenters. The zero-order valence-electron chi connectivity index (χ0n) is 11.6. The number of hydrogen-bond donors (Lipinski definition) is 1. The molecular formula is C15H16N2O4. The molecule has 0 aliphatic heterocycles. The molecule has 0 amide bonds. The van der Waals surface area contributed by atoms with E-state index in [1.807, 2.05) is 18.2 Å². The quantitative estimate of drug-likeness (QED) is 0.651. The zero-order chi connectivity index (χ0) is 15.2. The van der Waals surface area contributed by atoms with Gasteiger partial charge in [-0.05, 0) is 30.7 Å². The van der Waals surface area contributed by atoms with Crippen molar-refractivity contribution in [2.24, 2.45) is 5.73 Å². The van der Waals surface area contributed by atoms with Gasteiger partial charge in [0.25, 0.3) is 0 Å². The van der Waals surface area contributed by atoms with Gasteiger partial charge >= 0.3 is 5.69 Å². The highest BCUT2D eigenvalue weighted by Gasteiger charge is 2.16. The van der Waals surface area contributed by atoms with Crippen molar-refractivity contribution in [3.8, 4) is 17.2 Å². The molecule has 0 aliphatic rings. The topological polar surface area (TPSA) is 87.6 Å². The third kappa shape index (κ3) is 3.70. The van der Waals surface area contributed by atoms with Crippen molar-refractivity contribution in [1.29, 1.82) is 0 Å². The van der Waals surface area contributed by atoms with Gasteiger partial charge in [-0.25, -0.2) is 0 Å². The predicted molar refractivity (Wildman–Crippen MR) is 78.7 cm³/mol. The van der Waals surface area contributed by atoms with Crippen LogP contribution in [0.1, 0.15) is 12.5 Å². The van der Waals surface area contributed by atoms with Crippen molar-refractivity contribution < 1.29 is 14.4 Å². The molecule has 0 heterocycles. The Hall–Kier alpha value is -2.60. The molecule has 6 nitrogen and oxygen atoms in total. The Balaban J connectivity index is 2.27. The van der Waals surface area contributed by atoms with Crippen LogP contribution in [-0.4, -0.2) is 11.5 Å². The molecule has 2 rings (SSSR count). The number of nitro benzene ring substituents is 1. The second kappa shape index (κ2) is 6.71. The van der Waals surface area contributed by atoms with Crippen LogP contribution in [0.2, 0.25) is 0 Å². The predicted octanol–water partition coefficient (Wildman–Crippen LogP) is 3.24. The van der Waals surface area contributed by atoms with Gasteiger partial charge in [0.15, 0.2) is 0 Å². The molecule has 0 bridgehead atoms. The van der Waals surface area contributed by atoms with E-state index in [0.29, 0.717) is 24.7 Å². The summed E-state index contributed by atoms with van der Waals surface area (Å²) in [5, 5.41) is 10.9. The van der Waals surface area contributed by atoms with Crippen LogP contribution in [0.25, 0.3) is 0 Å². The van der Waals surface area contributed by atoms with Crippen molar-refractivity contribution in [2.75, 3.05) is 6.61 Å². The summed E-state index contributed by atoms with van der Waals surface area (Å²) in [7, 11) is 0. The minimum Gasteiger partial charge on any atom is -0.487 e. The first-order valence-electron chi connectivity index (χ1n) is 6.52. The van der Waals surface area contributed by atoms with Crippen molar-refractivity contribution in [3.05, 3.63) is 58.1 Å². The Morgan fingerprint density at radius 3 is 2.62 bits per heavy atom. The van der Waals surface area contributed by atoms with Crippen molar-refractivity contribution in [3.63, 3.8) is 0 Å². The van der Waals surface area contributed by atoms with Crippen LogP contribution >= 0.6 is 0 Å². The maximum Gasteiger partial charge on any atom is 0.311 e. The van der Waals surface area contributed by atoms with Crippen molar-refractivity contribution in [2.45, 2.75) is 13.5 Å². The van der Waals surface area contributed by atoms with Gasteiger partial charge < -0.3 is 15.2 Å². The molecule has 0 unspecified atom stereocenters. The fourth-order valence-electron chi connectivity index (χ4n) is 1.85. The molecule has 110 valence electrons. The lowest BCUT2D eigenvalue weighted by atomic mass is 10.2. The van der Waals surface area contributed by atoms with E-state index in [1.165, 1.54) is 18.2 Å². The SMILES string of the molecule is CCOc1cc(Oc2cccc(CN)c2)ccc1[N+](=O)[O-]. The van der Waals surface area contributed by atoms with E-state index in [9.17, 15) is 10.1 Å². The number of rotatable bonds is 6. The zero-order valence-corrected chi connectivity index (χ0v) is 11.6. The lowest BCUT2D eigenvalue weighted by Crippen LogP contribution is -1.98. The van der Waals surface area contributed by atoms with E-state index in [-0.39, 0.29) is 11.4 Å². The van der Waals surface area contributed by atoms with Gasteiger partial charge in [-0.15, -0.1) is 0 Å². The second-order valence-electron chi connectivity index (χ2n) is 4.27. The molecule has 0 saturated carbocycles. The highest BCUT2D eigenvalue weighted by molar-refractivity contribution is 5.51. The van der Waals surface area contributed by atoms with Gasteiger partial charge in [-0.2, -0.15) is 0 Å². The average Bonchev–Trinajstić information content (AvgIpc) is 2.48. The molecule has 0 aromatic heterocycles. The summed E-state index contributed by atoms with van der Waals surface area (Å²) < 4.78 is 11.0. The number of nitrogens with zero attached hydrogens (tertiary/aromatic N) is 1. The lowest BCUT2D eigenvalue weighted by molar-refractivity contribution is -0.385. The van der Waals surface area contributed by atoms with Gasteiger partial charge in [0.2, 0.25) is 5.75 Å². The highest BCUT2D eigenvalue weighted by Crippen LogP contribution is 2.33. The number of hydrogen-bond acceptors (Lipinski definition) is 5. The summed E-state index contributed by atoms with van der Waals surface area (Å²) >= 11 is 0. The summed E-state index contributed by atoms with van der Waals surface area (Å²) in [5.74, 6) is 1.28. The summed E-state index contributed by atoms with van der Waals surface area (Å²) in [6.07, 6.45) is 0. The van der Waals surface area contributed by atoms with Gasteiger partial charge in [-0.3, -0.25) is 10.1 Å². The third-order valence-electron chi connectivity index (χ3n) is 2.80. The lowest BCUT2D eigenvalue weighted by Gasteiger charge is -2.09. The van der Waals surface area contributed by atoms with Crippen LogP contribution in [0, 0.1) is 10.1 Å². The summed E-state index contributed by atoms with van der Waals surface area (Å²) in [5.41, 5.74) is 6.44. The fraction of sp³-hybridized carbons (Fsp3) is 0.200. The Morgan fingerprint density at radius 2 is 1.95 bits per heavy atom. The Labute approximate surface area is 122 Å². The maximum atomic E-state index is 10.9. The highest BCUT2D eigenvalue weighted by atomic mass is 16.6. The summed E-state index contributed by atoms with van der Waals surface area (Å²) in [4.78, 5) is 10.4. The first kappa shape index (κ1) is 14.8. The monoisotopic (exact) mass is 288 g/mol. The fourth-order valence-corrected chi connectivity index (χ4v) is 1.85. The standard InChI is InChI=1S/C15H16N2O4/c1-2-20-15-9-13(6-7-14(15)17(18)19)21-12-5-3-4-11(8-12)10-16/h3-9H,2,10,16H2,1H3. The van der Waals surface area contributed by atoms with E-state index in [0.717, 1.165) is 5.56 Å². The van der Waals surface area contributed by atoms with Gasteiger partial charge in [0.1, 0.15) is 11.5 Å². The molecular weight excluding hydrogens is 272 g/mol. The number of nitro groups is 1. The van der Waals surface area contributed by atoms with Crippen LogP contribution in [0.5, 0.6) is 17.2 Å². The molecule has 0 saturated heterocycles. The molecule has 0 aliphatic carbocycles. The third-order valence-corrected chi connectivity index (χ3v) is 2.80. The van der Waals surface area contributed by atoms with Crippen molar-refractivity contribution in [1.82, 2.24) is 0 Å². The van der Waals surface area contributed by atoms with E-state index < -0.39 is 4.92 Å². The largest absolute Gasteiger partial charge is 0.487 e. The first-order chi connectivity index (χ1) is 10.1. The van der Waals surface area contributed by atoms with Crippen molar-refractivity contribution >= 4 is 5.69 Å². The molecule has 6 heteroatoms. The average molecular weight is 288 g/mol. The van der Waals surface area contributed by atoms with Crippen LogP contribution in [0.15, 0.2) is 42.5 Å². The number of ether oxygens (including phenoxy) is 2. The van der Waals surface area contributed by atoms with E-state index in [1.54, 1.807) is 13.0 Å². The molecule has 0 radical (unpaired) electrons. The molecule has 2 aromatic rings. The van der Waals surface area contributed by atoms with Crippen LogP contribution < -0.4 is 15.2 Å². The normalized spacial score (nSPS) is 10.2. The minimum atomic E-state index is -0.482. The molecule has 0 spiro atoms. The summed E-state index contributed by atoms with van der Waals surface area (Å²) in [6, 6.07) is 11.8. The number of nitrogens with two attached hydrogens (primary N) is 1. The molecule has 21 heavy (non-hydrogen) atoms. The van der Waals surface area contributed by atoms with E-state index >= 15 is 0 Å². The van der Waals surface area contributed by atoms with E-state index in [2.05, 4.69) is 0 Å². The van der Waals surface area contributed by atoms with Crippen LogP contribution in [0.4, 0.5) is 5.69 Å². The van der Waals surface area contributed by atoms with Crippen LogP contribution in [-0.2, 0) is 6.54 Å². The van der Waals surface area contributed by atoms with Gasteiger partial charge in [0.05, 0.1) is 11.5 Å². The Kier molecular flexibility index (Phi) is 4.73. The van der Waals surface area contributed by atoms with Gasteiger partial charge in [-0.1, -0.05) is 12.1 Å². The van der Waals surface area contributed by atoms with E-state index in [4.69, 9.17) is 15.2 Å².